The first kappa shape index (κ1) is 14.6. The van der Waals surface area contributed by atoms with Crippen LogP contribution in [0.3, 0.4) is 0 Å². The van der Waals surface area contributed by atoms with Gasteiger partial charge in [0, 0.05) is 19.3 Å². The van der Waals surface area contributed by atoms with Gasteiger partial charge in [-0.1, -0.05) is 42.5 Å². The molecule has 0 aliphatic heterocycles. The second kappa shape index (κ2) is 6.26. The first-order valence-electron chi connectivity index (χ1n) is 8.00. The van der Waals surface area contributed by atoms with Gasteiger partial charge in [0.05, 0.1) is 11.0 Å². The monoisotopic (exact) mass is 314 g/mol. The number of nitrogens with zero attached hydrogens (tertiary/aromatic N) is 3. The highest BCUT2D eigenvalue weighted by Gasteiger charge is 2.13. The van der Waals surface area contributed by atoms with E-state index < -0.39 is 0 Å². The number of fused-ring (bicyclic) bond motifs is 1. The van der Waals surface area contributed by atoms with E-state index in [0.717, 1.165) is 34.7 Å². The van der Waals surface area contributed by atoms with Crippen LogP contribution in [0.1, 0.15) is 11.1 Å². The van der Waals surface area contributed by atoms with Crippen LogP contribution in [-0.4, -0.2) is 14.5 Å². The third-order valence-corrected chi connectivity index (χ3v) is 4.15. The van der Waals surface area contributed by atoms with Crippen LogP contribution in [0.25, 0.3) is 22.6 Å². The van der Waals surface area contributed by atoms with Crippen molar-refractivity contribution >= 4 is 11.0 Å². The normalized spacial score (nSPS) is 11.0. The lowest BCUT2D eigenvalue weighted by Gasteiger charge is -2.10. The number of para-hydroxylation sites is 2. The van der Waals surface area contributed by atoms with E-state index in [2.05, 4.69) is 39.9 Å². The van der Waals surface area contributed by atoms with Crippen molar-refractivity contribution in [3.05, 3.63) is 84.1 Å². The number of hydrogen-bond acceptors (Lipinski definition) is 3. The molecule has 2 heterocycles. The van der Waals surface area contributed by atoms with E-state index in [9.17, 15) is 0 Å². The average Bonchev–Trinajstić information content (AvgIpc) is 3.02. The number of pyridine rings is 1. The van der Waals surface area contributed by atoms with Crippen LogP contribution in [-0.2, 0) is 13.1 Å². The number of rotatable bonds is 4. The molecule has 0 fully saturated rings. The molecule has 4 heteroatoms. The molecule has 0 aliphatic rings. The van der Waals surface area contributed by atoms with Gasteiger partial charge < -0.3 is 10.3 Å². The SMILES string of the molecule is NCc1ccc(Cn2c(-c3ccccn3)nc3ccccc32)cc1. The van der Waals surface area contributed by atoms with Gasteiger partial charge in [0.15, 0.2) is 5.82 Å². The number of aromatic nitrogens is 3. The van der Waals surface area contributed by atoms with E-state index in [1.165, 1.54) is 5.56 Å². The summed E-state index contributed by atoms with van der Waals surface area (Å²) in [7, 11) is 0. The van der Waals surface area contributed by atoms with Gasteiger partial charge in [-0.2, -0.15) is 0 Å². The molecule has 2 N–H and O–H groups in total. The maximum absolute atomic E-state index is 5.69. The minimum absolute atomic E-state index is 0.563. The third-order valence-electron chi connectivity index (χ3n) is 4.15. The van der Waals surface area contributed by atoms with Crippen molar-refractivity contribution in [2.24, 2.45) is 5.73 Å². The van der Waals surface area contributed by atoms with Crippen molar-refractivity contribution in [2.45, 2.75) is 13.1 Å². The highest BCUT2D eigenvalue weighted by molar-refractivity contribution is 5.80. The summed E-state index contributed by atoms with van der Waals surface area (Å²) in [6.45, 7) is 1.31. The zero-order valence-corrected chi connectivity index (χ0v) is 13.3. The van der Waals surface area contributed by atoms with Gasteiger partial charge in [-0.05, 0) is 35.4 Å². The van der Waals surface area contributed by atoms with Crippen LogP contribution < -0.4 is 5.73 Å². The Labute approximate surface area is 140 Å². The summed E-state index contributed by atoms with van der Waals surface area (Å²) in [4.78, 5) is 9.27. The van der Waals surface area contributed by atoms with Gasteiger partial charge in [-0.3, -0.25) is 4.98 Å². The van der Waals surface area contributed by atoms with Crippen LogP contribution in [0, 0.1) is 0 Å². The number of nitrogens with two attached hydrogens (primary N) is 1. The van der Waals surface area contributed by atoms with Gasteiger partial charge in [0.1, 0.15) is 5.69 Å². The molecule has 0 atom stereocenters. The minimum Gasteiger partial charge on any atom is -0.326 e. The smallest absolute Gasteiger partial charge is 0.160 e. The molecule has 0 unspecified atom stereocenters. The number of benzene rings is 2. The Morgan fingerprint density at radius 1 is 0.833 bits per heavy atom. The van der Waals surface area contributed by atoms with E-state index >= 15 is 0 Å². The second-order valence-electron chi connectivity index (χ2n) is 5.75. The molecular formula is C20H18N4. The van der Waals surface area contributed by atoms with Crippen molar-refractivity contribution in [3.8, 4) is 11.5 Å². The molecule has 0 bridgehead atoms. The quantitative estimate of drug-likeness (QED) is 0.626. The summed E-state index contributed by atoms with van der Waals surface area (Å²) in [5, 5.41) is 0. The molecule has 2 aromatic heterocycles. The summed E-state index contributed by atoms with van der Waals surface area (Å²) in [6, 6.07) is 22.5. The van der Waals surface area contributed by atoms with Crippen LogP contribution in [0.15, 0.2) is 72.9 Å². The lowest BCUT2D eigenvalue weighted by atomic mass is 10.1. The number of hydrogen-bond donors (Lipinski definition) is 1. The molecule has 2 aromatic carbocycles. The second-order valence-corrected chi connectivity index (χ2v) is 5.75. The van der Waals surface area contributed by atoms with Crippen molar-refractivity contribution in [1.82, 2.24) is 14.5 Å². The van der Waals surface area contributed by atoms with Crippen LogP contribution in [0.2, 0.25) is 0 Å². The molecule has 0 radical (unpaired) electrons. The summed E-state index contributed by atoms with van der Waals surface area (Å²) in [5.41, 5.74) is 11.0. The van der Waals surface area contributed by atoms with E-state index in [-0.39, 0.29) is 0 Å². The Hall–Kier alpha value is -2.98. The highest BCUT2D eigenvalue weighted by Crippen LogP contribution is 2.24. The molecule has 0 saturated carbocycles. The molecule has 4 rings (SSSR count). The molecular weight excluding hydrogens is 296 g/mol. The molecule has 0 saturated heterocycles. The molecule has 0 amide bonds. The van der Waals surface area contributed by atoms with Gasteiger partial charge in [-0.15, -0.1) is 0 Å². The van der Waals surface area contributed by atoms with E-state index in [0.29, 0.717) is 6.54 Å². The summed E-state index contributed by atoms with van der Waals surface area (Å²) < 4.78 is 2.22. The Morgan fingerprint density at radius 3 is 2.33 bits per heavy atom. The van der Waals surface area contributed by atoms with Crippen LogP contribution >= 0.6 is 0 Å². The molecule has 118 valence electrons. The van der Waals surface area contributed by atoms with Gasteiger partial charge >= 0.3 is 0 Å². The van der Waals surface area contributed by atoms with E-state index in [1.807, 2.05) is 36.4 Å². The van der Waals surface area contributed by atoms with E-state index in [1.54, 1.807) is 6.20 Å². The van der Waals surface area contributed by atoms with Gasteiger partial charge in [0.25, 0.3) is 0 Å². The van der Waals surface area contributed by atoms with Gasteiger partial charge in [-0.25, -0.2) is 4.98 Å². The topological polar surface area (TPSA) is 56.7 Å². The predicted molar refractivity (Wildman–Crippen MR) is 96.4 cm³/mol. The Kier molecular flexibility index (Phi) is 3.81. The maximum Gasteiger partial charge on any atom is 0.160 e. The first-order chi connectivity index (χ1) is 11.8. The molecule has 4 nitrogen and oxygen atoms in total. The molecule has 0 spiro atoms. The van der Waals surface area contributed by atoms with Crippen molar-refractivity contribution < 1.29 is 0 Å². The molecule has 24 heavy (non-hydrogen) atoms. The highest BCUT2D eigenvalue weighted by atomic mass is 15.1. The largest absolute Gasteiger partial charge is 0.326 e. The zero-order chi connectivity index (χ0) is 16.4. The molecule has 0 aliphatic carbocycles. The lowest BCUT2D eigenvalue weighted by Crippen LogP contribution is -2.03. The summed E-state index contributed by atoms with van der Waals surface area (Å²) in [6.07, 6.45) is 1.80. The van der Waals surface area contributed by atoms with Crippen LogP contribution in [0.5, 0.6) is 0 Å². The van der Waals surface area contributed by atoms with Crippen molar-refractivity contribution in [1.29, 1.82) is 0 Å². The van der Waals surface area contributed by atoms with E-state index in [4.69, 9.17) is 10.7 Å². The maximum atomic E-state index is 5.69. The van der Waals surface area contributed by atoms with Crippen molar-refractivity contribution in [2.75, 3.05) is 0 Å². The Morgan fingerprint density at radius 2 is 1.58 bits per heavy atom. The minimum atomic E-state index is 0.563. The predicted octanol–water partition coefficient (Wildman–Crippen LogP) is 3.61. The Bertz CT molecular complexity index is 956. The number of imidazole rings is 1. The third kappa shape index (κ3) is 2.68. The zero-order valence-electron chi connectivity index (χ0n) is 13.3. The standard InChI is InChI=1S/C20H18N4/c21-13-15-8-10-16(11-9-15)14-24-19-7-2-1-5-17(19)23-20(24)18-6-3-4-12-22-18/h1-12H,13-14,21H2. The van der Waals surface area contributed by atoms with Crippen LogP contribution in [0.4, 0.5) is 0 Å². The summed E-state index contributed by atoms with van der Waals surface area (Å²) in [5.74, 6) is 0.889. The summed E-state index contributed by atoms with van der Waals surface area (Å²) >= 11 is 0. The Balaban J connectivity index is 1.83. The van der Waals surface area contributed by atoms with Crippen molar-refractivity contribution in [3.63, 3.8) is 0 Å². The average molecular weight is 314 g/mol. The van der Waals surface area contributed by atoms with Gasteiger partial charge in [0.2, 0.25) is 0 Å². The fourth-order valence-electron chi connectivity index (χ4n) is 2.89. The lowest BCUT2D eigenvalue weighted by molar-refractivity contribution is 0.829. The first-order valence-corrected chi connectivity index (χ1v) is 8.00. The molecule has 4 aromatic rings. The fourth-order valence-corrected chi connectivity index (χ4v) is 2.89. The fraction of sp³-hybridized carbons (Fsp3) is 0.100.